The van der Waals surface area contributed by atoms with Crippen molar-refractivity contribution in [2.45, 2.75) is 19.9 Å². The van der Waals surface area contributed by atoms with Crippen molar-refractivity contribution in [1.82, 2.24) is 15.1 Å². The Bertz CT molecular complexity index is 717. The largest absolute Gasteiger partial charge is 0.459 e. The molecule has 138 valence electrons. The summed E-state index contributed by atoms with van der Waals surface area (Å²) in [5, 5.41) is 2.96. The Hall–Kier alpha value is -2.60. The van der Waals surface area contributed by atoms with Crippen LogP contribution in [-0.2, 0) is 11.3 Å². The molecular weight excluding hydrogens is 330 g/mol. The normalized spacial score (nSPS) is 15.0. The van der Waals surface area contributed by atoms with Gasteiger partial charge >= 0.3 is 0 Å². The molecule has 6 heteroatoms. The third kappa shape index (κ3) is 4.95. The number of hydrogen-bond acceptors (Lipinski definition) is 4. The van der Waals surface area contributed by atoms with E-state index in [-0.39, 0.29) is 11.8 Å². The van der Waals surface area contributed by atoms with E-state index < -0.39 is 0 Å². The summed E-state index contributed by atoms with van der Waals surface area (Å²) >= 11 is 0. The van der Waals surface area contributed by atoms with Crippen LogP contribution in [-0.4, -0.2) is 54.3 Å². The third-order valence-electron chi connectivity index (χ3n) is 4.66. The summed E-state index contributed by atoms with van der Waals surface area (Å²) in [5.74, 6) is 0.374. The molecule has 6 nitrogen and oxygen atoms in total. The monoisotopic (exact) mass is 355 g/mol. The van der Waals surface area contributed by atoms with Gasteiger partial charge in [-0.25, -0.2) is 0 Å². The van der Waals surface area contributed by atoms with E-state index in [9.17, 15) is 9.59 Å². The molecule has 1 fully saturated rings. The molecule has 2 heterocycles. The summed E-state index contributed by atoms with van der Waals surface area (Å²) < 4.78 is 5.17. The first-order valence-corrected chi connectivity index (χ1v) is 8.99. The maximum absolute atomic E-state index is 12.2. The van der Waals surface area contributed by atoms with Crippen LogP contribution in [0.4, 0.5) is 0 Å². The van der Waals surface area contributed by atoms with Gasteiger partial charge in [-0.3, -0.25) is 14.5 Å². The smallest absolute Gasteiger partial charge is 0.289 e. The van der Waals surface area contributed by atoms with Crippen LogP contribution in [0.3, 0.4) is 0 Å². The molecule has 0 saturated carbocycles. The highest BCUT2D eigenvalue weighted by atomic mass is 16.3. The second-order valence-electron chi connectivity index (χ2n) is 6.62. The molecule has 0 radical (unpaired) electrons. The summed E-state index contributed by atoms with van der Waals surface area (Å²) in [5.41, 5.74) is 2.32. The van der Waals surface area contributed by atoms with Crippen molar-refractivity contribution in [3.63, 3.8) is 0 Å². The fraction of sp³-hybridized carbons (Fsp3) is 0.400. The molecule has 0 aliphatic carbocycles. The average molecular weight is 355 g/mol. The van der Waals surface area contributed by atoms with Crippen molar-refractivity contribution in [3.05, 3.63) is 59.5 Å². The Labute approximate surface area is 153 Å². The lowest BCUT2D eigenvalue weighted by Gasteiger charge is -2.34. The van der Waals surface area contributed by atoms with Crippen LogP contribution >= 0.6 is 0 Å². The van der Waals surface area contributed by atoms with E-state index in [0.29, 0.717) is 38.4 Å². The van der Waals surface area contributed by atoms with Gasteiger partial charge in [0.15, 0.2) is 5.76 Å². The summed E-state index contributed by atoms with van der Waals surface area (Å²) in [7, 11) is 0. The highest BCUT2D eigenvalue weighted by Crippen LogP contribution is 2.09. The minimum atomic E-state index is -0.0644. The van der Waals surface area contributed by atoms with Crippen molar-refractivity contribution in [2.24, 2.45) is 0 Å². The first kappa shape index (κ1) is 18.2. The van der Waals surface area contributed by atoms with Crippen LogP contribution in [0.5, 0.6) is 0 Å². The van der Waals surface area contributed by atoms with Gasteiger partial charge in [0.05, 0.1) is 6.26 Å². The van der Waals surface area contributed by atoms with Gasteiger partial charge in [0.1, 0.15) is 0 Å². The number of hydrogen-bond donors (Lipinski definition) is 1. The molecule has 26 heavy (non-hydrogen) atoms. The standard InChI is InChI=1S/C20H25N3O3/c1-16-4-6-17(7-5-16)15-21-19(24)8-9-22-10-12-23(13-11-22)20(25)18-3-2-14-26-18/h2-7,14H,8-13,15H2,1H3,(H,21,24). The van der Waals surface area contributed by atoms with Crippen molar-refractivity contribution < 1.29 is 14.0 Å². The SMILES string of the molecule is Cc1ccc(CNC(=O)CCN2CCN(C(=O)c3ccco3)CC2)cc1. The number of nitrogens with zero attached hydrogens (tertiary/aromatic N) is 2. The van der Waals surface area contributed by atoms with E-state index in [4.69, 9.17) is 4.42 Å². The van der Waals surface area contributed by atoms with Gasteiger partial charge in [0.2, 0.25) is 5.91 Å². The topological polar surface area (TPSA) is 65.8 Å². The lowest BCUT2D eigenvalue weighted by molar-refractivity contribution is -0.121. The molecule has 1 aromatic carbocycles. The Morgan fingerprint density at radius 2 is 1.81 bits per heavy atom. The van der Waals surface area contributed by atoms with Gasteiger partial charge < -0.3 is 14.6 Å². The number of carbonyl (C=O) groups excluding carboxylic acids is 2. The minimum Gasteiger partial charge on any atom is -0.459 e. The van der Waals surface area contributed by atoms with Gasteiger partial charge in [-0.15, -0.1) is 0 Å². The zero-order valence-electron chi connectivity index (χ0n) is 15.1. The Balaban J connectivity index is 1.35. The van der Waals surface area contributed by atoms with Crippen LogP contribution < -0.4 is 5.32 Å². The van der Waals surface area contributed by atoms with E-state index >= 15 is 0 Å². The quantitative estimate of drug-likeness (QED) is 0.861. The van der Waals surface area contributed by atoms with Crippen molar-refractivity contribution in [1.29, 1.82) is 0 Å². The van der Waals surface area contributed by atoms with Crippen LogP contribution in [0.25, 0.3) is 0 Å². The van der Waals surface area contributed by atoms with Gasteiger partial charge in [-0.1, -0.05) is 29.8 Å². The molecular formula is C20H25N3O3. The van der Waals surface area contributed by atoms with E-state index in [1.807, 2.05) is 31.2 Å². The average Bonchev–Trinajstić information content (AvgIpc) is 3.20. The number of aryl methyl sites for hydroxylation is 1. The minimum absolute atomic E-state index is 0.0552. The first-order valence-electron chi connectivity index (χ1n) is 8.99. The van der Waals surface area contributed by atoms with Crippen LogP contribution in [0.1, 0.15) is 28.1 Å². The third-order valence-corrected chi connectivity index (χ3v) is 4.66. The van der Waals surface area contributed by atoms with Crippen LogP contribution in [0.2, 0.25) is 0 Å². The molecule has 2 aromatic rings. The molecule has 1 aromatic heterocycles. The molecule has 0 bridgehead atoms. The summed E-state index contributed by atoms with van der Waals surface area (Å²) in [6.45, 7) is 6.18. The highest BCUT2D eigenvalue weighted by molar-refractivity contribution is 5.91. The van der Waals surface area contributed by atoms with Crippen molar-refractivity contribution in [2.75, 3.05) is 32.7 Å². The summed E-state index contributed by atoms with van der Waals surface area (Å²) in [6.07, 6.45) is 1.98. The van der Waals surface area contributed by atoms with Crippen molar-refractivity contribution in [3.8, 4) is 0 Å². The zero-order valence-corrected chi connectivity index (χ0v) is 15.1. The molecule has 0 atom stereocenters. The maximum Gasteiger partial charge on any atom is 0.289 e. The fourth-order valence-electron chi connectivity index (χ4n) is 2.99. The molecule has 2 amide bonds. The highest BCUT2D eigenvalue weighted by Gasteiger charge is 2.23. The van der Waals surface area contributed by atoms with Gasteiger partial charge in [0.25, 0.3) is 5.91 Å². The van der Waals surface area contributed by atoms with Crippen LogP contribution in [0.15, 0.2) is 47.1 Å². The zero-order chi connectivity index (χ0) is 18.4. The van der Waals surface area contributed by atoms with E-state index in [1.54, 1.807) is 17.0 Å². The second kappa shape index (κ2) is 8.67. The van der Waals surface area contributed by atoms with Gasteiger partial charge in [0, 0.05) is 45.7 Å². The van der Waals surface area contributed by atoms with E-state index in [1.165, 1.54) is 11.8 Å². The number of carbonyl (C=O) groups is 2. The number of amides is 2. The number of benzene rings is 1. The van der Waals surface area contributed by atoms with Gasteiger partial charge in [-0.05, 0) is 24.6 Å². The lowest BCUT2D eigenvalue weighted by atomic mass is 10.1. The second-order valence-corrected chi connectivity index (χ2v) is 6.62. The number of furan rings is 1. The molecule has 0 unspecified atom stereocenters. The Kier molecular flexibility index (Phi) is 6.07. The Morgan fingerprint density at radius 1 is 1.08 bits per heavy atom. The number of rotatable bonds is 6. The molecule has 1 saturated heterocycles. The van der Waals surface area contributed by atoms with E-state index in [0.717, 1.165) is 18.7 Å². The summed E-state index contributed by atoms with van der Waals surface area (Å²) in [6, 6.07) is 11.6. The molecule has 1 aliphatic heterocycles. The van der Waals surface area contributed by atoms with E-state index in [2.05, 4.69) is 10.2 Å². The molecule has 1 N–H and O–H groups in total. The number of piperazine rings is 1. The van der Waals surface area contributed by atoms with Crippen LogP contribution in [0, 0.1) is 6.92 Å². The maximum atomic E-state index is 12.2. The predicted molar refractivity (Wildman–Crippen MR) is 98.7 cm³/mol. The molecule has 1 aliphatic rings. The lowest BCUT2D eigenvalue weighted by Crippen LogP contribution is -2.49. The first-order chi connectivity index (χ1) is 12.6. The predicted octanol–water partition coefficient (Wildman–Crippen LogP) is 2.05. The molecule has 3 rings (SSSR count). The summed E-state index contributed by atoms with van der Waals surface area (Å²) in [4.78, 5) is 28.3. The number of nitrogens with one attached hydrogen (secondary N) is 1. The Morgan fingerprint density at radius 3 is 2.46 bits per heavy atom. The van der Waals surface area contributed by atoms with Crippen molar-refractivity contribution >= 4 is 11.8 Å². The van der Waals surface area contributed by atoms with Gasteiger partial charge in [-0.2, -0.15) is 0 Å². The molecule has 0 spiro atoms. The fourth-order valence-corrected chi connectivity index (χ4v) is 2.99.